The maximum Gasteiger partial charge on any atom is 0.261 e. The topological polar surface area (TPSA) is 145 Å². The molecule has 1 aliphatic carbocycles. The van der Waals surface area contributed by atoms with Crippen LogP contribution in [0.1, 0.15) is 51.5 Å². The molecule has 2 atom stereocenters. The van der Waals surface area contributed by atoms with Crippen molar-refractivity contribution in [1.82, 2.24) is 9.71 Å². The van der Waals surface area contributed by atoms with Crippen LogP contribution in [0.4, 0.5) is 11.4 Å². The number of ether oxygens (including phenoxy) is 1. The first-order valence-electron chi connectivity index (χ1n) is 10.8. The van der Waals surface area contributed by atoms with Crippen LogP contribution in [-0.4, -0.2) is 34.4 Å². The number of H-pyrrole nitrogens is 1. The monoisotopic (exact) mass is 472 g/mol. The van der Waals surface area contributed by atoms with Gasteiger partial charge in [-0.15, -0.1) is 0 Å². The Labute approximate surface area is 197 Å². The number of anilines is 1. The number of nitrogens with one attached hydrogen (secondary N) is 3. The molecular formula is C23H32N6O3S. The zero-order valence-corrected chi connectivity index (χ0v) is 20.1. The lowest BCUT2D eigenvalue weighted by molar-refractivity contribution is 0.111. The molecule has 1 saturated carbocycles. The van der Waals surface area contributed by atoms with Gasteiger partial charge in [-0.3, -0.25) is 4.79 Å². The summed E-state index contributed by atoms with van der Waals surface area (Å²) < 4.78 is 20.1. The summed E-state index contributed by atoms with van der Waals surface area (Å²) in [6.45, 7) is 3.20. The largest absolute Gasteiger partial charge is 0.383 e. The minimum absolute atomic E-state index is 0.134. The van der Waals surface area contributed by atoms with Crippen molar-refractivity contribution in [2.45, 2.75) is 63.1 Å². The Morgan fingerprint density at radius 2 is 1.91 bits per heavy atom. The van der Waals surface area contributed by atoms with Gasteiger partial charge in [-0.05, 0) is 50.1 Å². The molecule has 0 spiro atoms. The third-order valence-corrected chi connectivity index (χ3v) is 6.35. The number of methoxy groups -OCH3 is 1. The van der Waals surface area contributed by atoms with Gasteiger partial charge in [0.15, 0.2) is 0 Å². The average Bonchev–Trinajstić information content (AvgIpc) is 2.80. The molecule has 33 heavy (non-hydrogen) atoms. The van der Waals surface area contributed by atoms with Crippen LogP contribution in [0, 0.1) is 11.3 Å². The molecule has 2 unspecified atom stereocenters. The van der Waals surface area contributed by atoms with Gasteiger partial charge in [-0.2, -0.15) is 5.26 Å². The molecule has 1 aromatic heterocycles. The first-order chi connectivity index (χ1) is 15.9. The number of aromatic nitrogens is 1. The summed E-state index contributed by atoms with van der Waals surface area (Å²) in [5.74, 6) is 0.134. The van der Waals surface area contributed by atoms with E-state index >= 15 is 0 Å². The summed E-state index contributed by atoms with van der Waals surface area (Å²) in [5.41, 5.74) is 7.54. The second-order valence-electron chi connectivity index (χ2n) is 7.55. The van der Waals surface area contributed by atoms with E-state index in [0.29, 0.717) is 27.9 Å². The number of benzene rings is 1. The van der Waals surface area contributed by atoms with E-state index in [0.717, 1.165) is 12.8 Å². The van der Waals surface area contributed by atoms with Gasteiger partial charge >= 0.3 is 0 Å². The van der Waals surface area contributed by atoms with E-state index in [1.54, 1.807) is 43.5 Å². The van der Waals surface area contributed by atoms with Gasteiger partial charge in [0.05, 0.1) is 22.3 Å². The molecule has 0 amide bonds. The molecule has 1 fully saturated rings. The predicted molar refractivity (Wildman–Crippen MR) is 132 cm³/mol. The van der Waals surface area contributed by atoms with Crippen LogP contribution in [0.3, 0.4) is 0 Å². The molecule has 1 heterocycles. The van der Waals surface area contributed by atoms with E-state index in [2.05, 4.69) is 20.0 Å². The number of nitrogens with zero attached hydrogens (tertiary/aromatic N) is 2. The quantitative estimate of drug-likeness (QED) is 0.263. The predicted octanol–water partition coefficient (Wildman–Crippen LogP) is 3.29. The molecule has 0 saturated heterocycles. The molecule has 3 rings (SSSR count). The highest BCUT2D eigenvalue weighted by Crippen LogP contribution is 2.23. The van der Waals surface area contributed by atoms with Crippen LogP contribution in [0.15, 0.2) is 51.2 Å². The van der Waals surface area contributed by atoms with Crippen LogP contribution in [-0.2, 0) is 15.7 Å². The number of aromatic amines is 1. The Bertz CT molecular complexity index is 1040. The highest BCUT2D eigenvalue weighted by atomic mass is 32.2. The maximum absolute atomic E-state index is 12.5. The van der Waals surface area contributed by atoms with E-state index < -0.39 is 11.0 Å². The van der Waals surface area contributed by atoms with Crippen molar-refractivity contribution in [1.29, 1.82) is 5.26 Å². The van der Waals surface area contributed by atoms with Crippen molar-refractivity contribution in [2.24, 2.45) is 10.7 Å². The molecule has 1 aromatic carbocycles. The van der Waals surface area contributed by atoms with Gasteiger partial charge in [-0.25, -0.2) is 13.9 Å². The molecule has 5 N–H and O–H groups in total. The van der Waals surface area contributed by atoms with Crippen molar-refractivity contribution in [3.8, 4) is 6.07 Å². The molecule has 2 aromatic rings. The summed E-state index contributed by atoms with van der Waals surface area (Å²) in [6.07, 6.45) is 7.07. The Balaban J connectivity index is 0.00000122. The number of aliphatic imine (C=N–C) groups is 1. The number of nitriles is 1. The first-order valence-corrected chi connectivity index (χ1v) is 12.0. The summed E-state index contributed by atoms with van der Waals surface area (Å²) in [7, 11) is 0.138. The Hall–Kier alpha value is -3.00. The SMILES string of the molecule is CC#N.COC(C)NS(=O)c1ccc(N=C(N)c2c(NC3CCCCC3)cc[nH]c2=O)cc1. The van der Waals surface area contributed by atoms with Crippen LogP contribution in [0.2, 0.25) is 0 Å². The van der Waals surface area contributed by atoms with Crippen molar-refractivity contribution in [3.63, 3.8) is 0 Å². The van der Waals surface area contributed by atoms with Crippen molar-refractivity contribution in [2.75, 3.05) is 12.4 Å². The number of rotatable bonds is 8. The van der Waals surface area contributed by atoms with E-state index in [1.807, 2.05) is 6.07 Å². The van der Waals surface area contributed by atoms with Crippen LogP contribution < -0.4 is 21.3 Å². The minimum Gasteiger partial charge on any atom is -0.383 e. The maximum atomic E-state index is 12.5. The molecule has 1 aliphatic rings. The van der Waals surface area contributed by atoms with Gasteiger partial charge in [-0.1, -0.05) is 19.3 Å². The Morgan fingerprint density at radius 3 is 2.52 bits per heavy atom. The fraction of sp³-hybridized carbons (Fsp3) is 0.435. The Morgan fingerprint density at radius 1 is 1.27 bits per heavy atom. The van der Waals surface area contributed by atoms with E-state index in [4.69, 9.17) is 15.7 Å². The second kappa shape index (κ2) is 13.5. The fourth-order valence-electron chi connectivity index (χ4n) is 3.43. The summed E-state index contributed by atoms with van der Waals surface area (Å²) >= 11 is 0. The third-order valence-electron chi connectivity index (χ3n) is 5.11. The number of nitrogens with two attached hydrogens (primary N) is 1. The molecule has 9 nitrogen and oxygen atoms in total. The zero-order chi connectivity index (χ0) is 24.2. The van der Waals surface area contributed by atoms with Gasteiger partial charge in [0.25, 0.3) is 5.56 Å². The fourth-order valence-corrected chi connectivity index (χ4v) is 4.34. The summed E-state index contributed by atoms with van der Waals surface area (Å²) in [4.78, 5) is 20.1. The van der Waals surface area contributed by atoms with Gasteiger partial charge < -0.3 is 20.8 Å². The van der Waals surface area contributed by atoms with E-state index in [1.165, 1.54) is 33.3 Å². The zero-order valence-electron chi connectivity index (χ0n) is 19.3. The minimum atomic E-state index is -1.40. The first kappa shape index (κ1) is 26.3. The van der Waals surface area contributed by atoms with Crippen LogP contribution >= 0.6 is 0 Å². The lowest BCUT2D eigenvalue weighted by Crippen LogP contribution is -2.29. The Kier molecular flexibility index (Phi) is 10.8. The molecule has 0 bridgehead atoms. The van der Waals surface area contributed by atoms with Gasteiger partial charge in [0, 0.05) is 26.3 Å². The van der Waals surface area contributed by atoms with Crippen LogP contribution in [0.5, 0.6) is 0 Å². The molecule has 0 aliphatic heterocycles. The van der Waals surface area contributed by atoms with E-state index in [9.17, 15) is 9.00 Å². The van der Waals surface area contributed by atoms with Crippen molar-refractivity contribution < 1.29 is 8.95 Å². The number of hydrogen-bond donors (Lipinski definition) is 4. The summed E-state index contributed by atoms with van der Waals surface area (Å²) in [5, 5.41) is 10.8. The highest BCUT2D eigenvalue weighted by molar-refractivity contribution is 7.83. The molecule has 178 valence electrons. The lowest BCUT2D eigenvalue weighted by atomic mass is 9.95. The molecular weight excluding hydrogens is 440 g/mol. The average molecular weight is 473 g/mol. The number of amidine groups is 1. The van der Waals surface area contributed by atoms with Gasteiger partial charge in [0.1, 0.15) is 28.6 Å². The highest BCUT2D eigenvalue weighted by Gasteiger charge is 2.17. The number of hydrogen-bond acceptors (Lipinski definition) is 6. The van der Waals surface area contributed by atoms with Crippen molar-refractivity contribution in [3.05, 3.63) is 52.4 Å². The second-order valence-corrected chi connectivity index (χ2v) is 8.80. The summed E-state index contributed by atoms with van der Waals surface area (Å²) in [6, 6.07) is 10.7. The molecule has 10 heteroatoms. The lowest BCUT2D eigenvalue weighted by Gasteiger charge is -2.24. The van der Waals surface area contributed by atoms with Crippen molar-refractivity contribution >= 4 is 28.2 Å². The smallest absolute Gasteiger partial charge is 0.261 e. The number of pyridine rings is 1. The van der Waals surface area contributed by atoms with Crippen LogP contribution in [0.25, 0.3) is 0 Å². The standard InChI is InChI=1S/C21H29N5O3S.C2H3N/c1-14(29-2)26-30(28)17-10-8-16(9-11-17)25-20(22)19-18(12-13-23-21(19)27)24-15-6-4-3-5-7-15;1-2-3/h8-15,26H,3-7H2,1-2H3,(H2,22,25)(H2,23,24,27);1H3. The molecule has 0 radical (unpaired) electrons. The third kappa shape index (κ3) is 8.13. The van der Waals surface area contributed by atoms with E-state index in [-0.39, 0.29) is 17.6 Å². The van der Waals surface area contributed by atoms with Gasteiger partial charge in [0.2, 0.25) is 0 Å². The normalized spacial score (nSPS) is 16.1.